The number of aryl methyl sites for hydroxylation is 5. The Morgan fingerprint density at radius 1 is 0.829 bits per heavy atom. The summed E-state index contributed by atoms with van der Waals surface area (Å²) in [7, 11) is 0. The molecular weight excluding hydrogens is 433 g/mol. The molecule has 3 aromatic carbocycles. The fourth-order valence-electron chi connectivity index (χ4n) is 4.64. The first kappa shape index (κ1) is 26.4. The number of allylic oxidation sites excluding steroid dienone is 2. The van der Waals surface area contributed by atoms with E-state index in [1.54, 1.807) is 6.07 Å². The van der Waals surface area contributed by atoms with Gasteiger partial charge in [0.05, 0.1) is 0 Å². The van der Waals surface area contributed by atoms with Gasteiger partial charge in [-0.1, -0.05) is 55.8 Å². The number of hydrogen-bond acceptors (Lipinski definition) is 1. The van der Waals surface area contributed by atoms with Crippen LogP contribution < -0.4 is 5.32 Å². The number of halogens is 1. The normalized spacial score (nSPS) is 12.9. The zero-order chi connectivity index (χ0) is 25.5. The summed E-state index contributed by atoms with van der Waals surface area (Å²) in [6, 6.07) is 18.5. The van der Waals surface area contributed by atoms with E-state index >= 15 is 0 Å². The van der Waals surface area contributed by atoms with Crippen molar-refractivity contribution >= 4 is 22.7 Å². The standard InChI is InChI=1S/C23H27NO.C9H11F/c1-5-23(25)24-19-12-16(3)11-18(14-19)20-7-6-8-21(20)22-13-15(2)9-10-17(22)4;1-3-8-5-4-7(2)6-9(8)10/h9-14H,5-8H2,1-4H3,(H,24,25);4-6H,3H2,1-2H3. The maximum atomic E-state index is 12.9. The lowest BCUT2D eigenvalue weighted by Gasteiger charge is -2.14. The molecule has 35 heavy (non-hydrogen) atoms. The topological polar surface area (TPSA) is 29.1 Å². The van der Waals surface area contributed by atoms with Crippen LogP contribution in [0.25, 0.3) is 11.1 Å². The molecule has 0 atom stereocenters. The zero-order valence-electron chi connectivity index (χ0n) is 22.0. The van der Waals surface area contributed by atoms with Crippen LogP contribution in [0.5, 0.6) is 0 Å². The lowest BCUT2D eigenvalue weighted by atomic mass is 9.92. The molecule has 2 nitrogen and oxygen atoms in total. The van der Waals surface area contributed by atoms with Crippen molar-refractivity contribution in [2.45, 2.75) is 73.6 Å². The van der Waals surface area contributed by atoms with Crippen molar-refractivity contribution < 1.29 is 9.18 Å². The number of carbonyl (C=O) groups excluding carboxylic acids is 1. The largest absolute Gasteiger partial charge is 0.326 e. The highest BCUT2D eigenvalue weighted by Crippen LogP contribution is 2.41. The van der Waals surface area contributed by atoms with Crippen molar-refractivity contribution in [3.05, 3.63) is 99.4 Å². The lowest BCUT2D eigenvalue weighted by Crippen LogP contribution is -2.09. The fourth-order valence-corrected chi connectivity index (χ4v) is 4.64. The molecule has 1 N–H and O–H groups in total. The summed E-state index contributed by atoms with van der Waals surface area (Å²) in [6.07, 6.45) is 4.70. The Labute approximate surface area is 210 Å². The van der Waals surface area contributed by atoms with E-state index in [2.05, 4.69) is 56.4 Å². The molecule has 1 amide bonds. The maximum Gasteiger partial charge on any atom is 0.224 e. The van der Waals surface area contributed by atoms with Gasteiger partial charge < -0.3 is 5.32 Å². The van der Waals surface area contributed by atoms with Crippen molar-refractivity contribution in [3.8, 4) is 0 Å². The number of nitrogens with one attached hydrogen (secondary N) is 1. The van der Waals surface area contributed by atoms with Crippen LogP contribution in [0.3, 0.4) is 0 Å². The van der Waals surface area contributed by atoms with Crippen LogP contribution in [-0.4, -0.2) is 5.91 Å². The van der Waals surface area contributed by atoms with E-state index in [4.69, 9.17) is 0 Å². The Bertz CT molecular complexity index is 1240. The predicted molar refractivity (Wildman–Crippen MR) is 147 cm³/mol. The molecule has 1 aliphatic rings. The maximum absolute atomic E-state index is 12.9. The number of carbonyl (C=O) groups is 1. The van der Waals surface area contributed by atoms with Gasteiger partial charge in [0.25, 0.3) is 0 Å². The first-order chi connectivity index (χ1) is 16.7. The monoisotopic (exact) mass is 471 g/mol. The number of hydrogen-bond donors (Lipinski definition) is 1. The predicted octanol–water partition coefficient (Wildman–Crippen LogP) is 8.75. The minimum atomic E-state index is -0.0810. The molecule has 0 bridgehead atoms. The van der Waals surface area contributed by atoms with Crippen molar-refractivity contribution in [1.82, 2.24) is 0 Å². The van der Waals surface area contributed by atoms with Gasteiger partial charge in [-0.05, 0) is 116 Å². The van der Waals surface area contributed by atoms with Gasteiger partial charge >= 0.3 is 0 Å². The van der Waals surface area contributed by atoms with Crippen LogP contribution in [0.2, 0.25) is 0 Å². The lowest BCUT2D eigenvalue weighted by molar-refractivity contribution is -0.115. The third kappa shape index (κ3) is 6.91. The molecule has 0 spiro atoms. The van der Waals surface area contributed by atoms with Gasteiger partial charge in [0.2, 0.25) is 5.91 Å². The van der Waals surface area contributed by atoms with E-state index in [1.807, 2.05) is 39.0 Å². The summed E-state index contributed by atoms with van der Waals surface area (Å²) >= 11 is 0. The van der Waals surface area contributed by atoms with E-state index in [-0.39, 0.29) is 11.7 Å². The SMILES string of the molecule is CCC(=O)Nc1cc(C)cc(C2=C(c3cc(C)ccc3C)CCC2)c1.CCc1ccc(C)cc1F. The van der Waals surface area contributed by atoms with E-state index in [0.29, 0.717) is 6.42 Å². The molecule has 0 unspecified atom stereocenters. The molecule has 3 aromatic rings. The molecule has 1 aliphatic carbocycles. The summed E-state index contributed by atoms with van der Waals surface area (Å²) in [5.74, 6) is -0.0193. The second-order valence-electron chi connectivity index (χ2n) is 9.57. The second-order valence-corrected chi connectivity index (χ2v) is 9.57. The molecule has 0 heterocycles. The molecule has 184 valence electrons. The summed E-state index contributed by atoms with van der Waals surface area (Å²) < 4.78 is 12.9. The first-order valence-electron chi connectivity index (χ1n) is 12.7. The summed E-state index contributed by atoms with van der Waals surface area (Å²) in [5, 5.41) is 3.01. The minimum absolute atomic E-state index is 0.0618. The van der Waals surface area contributed by atoms with E-state index < -0.39 is 0 Å². The van der Waals surface area contributed by atoms with E-state index in [9.17, 15) is 9.18 Å². The van der Waals surface area contributed by atoms with Crippen molar-refractivity contribution in [3.63, 3.8) is 0 Å². The smallest absolute Gasteiger partial charge is 0.224 e. The summed E-state index contributed by atoms with van der Waals surface area (Å²) in [5.41, 5.74) is 12.1. The Balaban J connectivity index is 0.000000287. The van der Waals surface area contributed by atoms with Gasteiger partial charge in [-0.15, -0.1) is 0 Å². The molecule has 0 radical (unpaired) electrons. The molecule has 3 heteroatoms. The number of anilines is 1. The number of rotatable bonds is 5. The molecular formula is C32H38FNO. The highest BCUT2D eigenvalue weighted by Gasteiger charge is 2.20. The van der Waals surface area contributed by atoms with Crippen LogP contribution >= 0.6 is 0 Å². The molecule has 0 saturated heterocycles. The minimum Gasteiger partial charge on any atom is -0.326 e. The molecule has 0 fully saturated rings. The first-order valence-corrected chi connectivity index (χ1v) is 12.7. The van der Waals surface area contributed by atoms with Crippen LogP contribution in [0, 0.1) is 33.5 Å². The Kier molecular flexibility index (Phi) is 9.03. The van der Waals surface area contributed by atoms with Crippen LogP contribution in [0.4, 0.5) is 10.1 Å². The third-order valence-corrected chi connectivity index (χ3v) is 6.56. The average molecular weight is 472 g/mol. The fraction of sp³-hybridized carbons (Fsp3) is 0.344. The molecule has 0 aromatic heterocycles. The zero-order valence-corrected chi connectivity index (χ0v) is 22.0. The van der Waals surface area contributed by atoms with Gasteiger partial charge in [-0.3, -0.25) is 4.79 Å². The highest BCUT2D eigenvalue weighted by molar-refractivity contribution is 5.96. The van der Waals surface area contributed by atoms with Gasteiger partial charge in [-0.2, -0.15) is 0 Å². The number of amides is 1. The van der Waals surface area contributed by atoms with Gasteiger partial charge in [-0.25, -0.2) is 4.39 Å². The molecule has 0 aliphatic heterocycles. The average Bonchev–Trinajstić information content (AvgIpc) is 3.30. The summed E-state index contributed by atoms with van der Waals surface area (Å²) in [6.45, 7) is 12.2. The highest BCUT2D eigenvalue weighted by atomic mass is 19.1. The van der Waals surface area contributed by atoms with Crippen molar-refractivity contribution in [2.24, 2.45) is 0 Å². The van der Waals surface area contributed by atoms with Crippen molar-refractivity contribution in [1.29, 1.82) is 0 Å². The quantitative estimate of drug-likeness (QED) is 0.396. The second kappa shape index (κ2) is 12.0. The van der Waals surface area contributed by atoms with E-state index in [1.165, 1.54) is 45.4 Å². The Morgan fingerprint density at radius 2 is 1.51 bits per heavy atom. The van der Waals surface area contributed by atoms with Gasteiger partial charge in [0.1, 0.15) is 5.82 Å². The Hall–Kier alpha value is -3.20. The molecule has 0 saturated carbocycles. The van der Waals surface area contributed by atoms with Crippen molar-refractivity contribution in [2.75, 3.05) is 5.32 Å². The Morgan fingerprint density at radius 3 is 2.20 bits per heavy atom. The van der Waals surface area contributed by atoms with Gasteiger partial charge in [0.15, 0.2) is 0 Å². The van der Waals surface area contributed by atoms with Crippen LogP contribution in [0.1, 0.15) is 78.5 Å². The third-order valence-electron chi connectivity index (χ3n) is 6.56. The van der Waals surface area contributed by atoms with Crippen LogP contribution in [-0.2, 0) is 11.2 Å². The number of benzene rings is 3. The molecule has 4 rings (SSSR count). The summed E-state index contributed by atoms with van der Waals surface area (Å²) in [4.78, 5) is 11.8. The van der Waals surface area contributed by atoms with Crippen LogP contribution in [0.15, 0.2) is 54.6 Å². The van der Waals surface area contributed by atoms with Gasteiger partial charge in [0, 0.05) is 12.1 Å². The van der Waals surface area contributed by atoms with E-state index in [0.717, 1.165) is 36.1 Å².